The second-order valence-corrected chi connectivity index (χ2v) is 3.89. The third-order valence-electron chi connectivity index (χ3n) is 2.33. The van der Waals surface area contributed by atoms with Crippen LogP contribution in [-0.2, 0) is 9.47 Å². The monoisotopic (exact) mass is 184 g/mol. The molecule has 1 heterocycles. The van der Waals surface area contributed by atoms with Crippen molar-refractivity contribution in [2.75, 3.05) is 13.2 Å². The first-order chi connectivity index (χ1) is 6.24. The minimum absolute atomic E-state index is 0.528. The van der Waals surface area contributed by atoms with Crippen LogP contribution in [0.1, 0.15) is 33.6 Å². The Hall–Kier alpha value is -0.500. The first-order valence-electron chi connectivity index (χ1n) is 5.10. The van der Waals surface area contributed by atoms with Crippen LogP contribution in [-0.4, -0.2) is 19.3 Å². The summed E-state index contributed by atoms with van der Waals surface area (Å²) in [6.07, 6.45) is 4.68. The van der Waals surface area contributed by atoms with Gasteiger partial charge in [0.1, 0.15) is 0 Å². The van der Waals surface area contributed by atoms with Crippen LogP contribution in [0, 0.1) is 5.92 Å². The molecule has 76 valence electrons. The van der Waals surface area contributed by atoms with Gasteiger partial charge in [0, 0.05) is 0 Å². The van der Waals surface area contributed by atoms with Crippen LogP contribution < -0.4 is 0 Å². The Kier molecular flexibility index (Phi) is 4.29. The van der Waals surface area contributed by atoms with Gasteiger partial charge in [0.15, 0.2) is 0 Å². The Morgan fingerprint density at radius 2 is 2.31 bits per heavy atom. The minimum Gasteiger partial charge on any atom is -0.501 e. The van der Waals surface area contributed by atoms with Crippen LogP contribution in [0.4, 0.5) is 0 Å². The maximum atomic E-state index is 5.39. The molecular weight excluding hydrogens is 164 g/mol. The van der Waals surface area contributed by atoms with Crippen molar-refractivity contribution >= 4 is 0 Å². The van der Waals surface area contributed by atoms with Crippen LogP contribution in [0.5, 0.6) is 0 Å². The van der Waals surface area contributed by atoms with Crippen molar-refractivity contribution in [3.05, 3.63) is 11.8 Å². The number of ether oxygens (including phenoxy) is 2. The highest BCUT2D eigenvalue weighted by Gasteiger charge is 2.30. The number of allylic oxidation sites excluding steroid dienone is 1. The molecule has 1 aliphatic rings. The third kappa shape index (κ3) is 4.32. The van der Waals surface area contributed by atoms with E-state index in [0.29, 0.717) is 12.0 Å². The molecular formula is C11H20O2. The molecule has 2 nitrogen and oxygen atoms in total. The molecule has 0 aromatic rings. The zero-order valence-corrected chi connectivity index (χ0v) is 8.88. The molecule has 2 atom stereocenters. The van der Waals surface area contributed by atoms with Crippen molar-refractivity contribution in [2.45, 2.75) is 39.7 Å². The molecule has 0 saturated carbocycles. The average molecular weight is 184 g/mol. The first kappa shape index (κ1) is 10.6. The Labute approximate surface area is 80.9 Å². The van der Waals surface area contributed by atoms with Gasteiger partial charge in [-0.15, -0.1) is 0 Å². The van der Waals surface area contributed by atoms with Gasteiger partial charge >= 0.3 is 0 Å². The summed E-state index contributed by atoms with van der Waals surface area (Å²) >= 11 is 0. The van der Waals surface area contributed by atoms with Crippen LogP contribution in [0.15, 0.2) is 11.8 Å². The maximum absolute atomic E-state index is 5.39. The van der Waals surface area contributed by atoms with Gasteiger partial charge in [-0.25, -0.2) is 0 Å². The molecule has 2 heteroatoms. The molecule has 13 heavy (non-hydrogen) atoms. The van der Waals surface area contributed by atoms with E-state index in [4.69, 9.17) is 9.47 Å². The quantitative estimate of drug-likeness (QED) is 0.359. The predicted molar refractivity (Wildman–Crippen MR) is 53.5 cm³/mol. The molecule has 0 aromatic heterocycles. The second-order valence-electron chi connectivity index (χ2n) is 3.89. The summed E-state index contributed by atoms with van der Waals surface area (Å²) in [5.74, 6) is 0.700. The van der Waals surface area contributed by atoms with Gasteiger partial charge in [-0.1, -0.05) is 13.3 Å². The van der Waals surface area contributed by atoms with E-state index < -0.39 is 0 Å². The Bertz CT molecular complexity index is 167. The first-order valence-corrected chi connectivity index (χ1v) is 5.10. The molecule has 1 rings (SSSR count). The van der Waals surface area contributed by atoms with E-state index in [1.807, 2.05) is 20.1 Å². The zero-order chi connectivity index (χ0) is 9.68. The van der Waals surface area contributed by atoms with Gasteiger partial charge in [0.05, 0.1) is 25.6 Å². The minimum atomic E-state index is 0.528. The topological polar surface area (TPSA) is 21.8 Å². The number of hydrogen-bond donors (Lipinski definition) is 0. The predicted octanol–water partition coefficient (Wildman–Crippen LogP) is 2.74. The summed E-state index contributed by atoms with van der Waals surface area (Å²) < 4.78 is 10.7. The van der Waals surface area contributed by atoms with Crippen LogP contribution in [0.25, 0.3) is 0 Å². The standard InChI is InChI=1S/C11H20O2/c1-4-10(11-8-13-11)5-6-12-7-9(2)3/h7,10-11H,4-6,8H2,1-3H3. The second kappa shape index (κ2) is 5.28. The van der Waals surface area contributed by atoms with E-state index in [2.05, 4.69) is 6.92 Å². The van der Waals surface area contributed by atoms with Gasteiger partial charge in [-0.3, -0.25) is 0 Å². The van der Waals surface area contributed by atoms with Crippen molar-refractivity contribution in [3.8, 4) is 0 Å². The number of rotatable bonds is 6. The Balaban J connectivity index is 2.06. The summed E-state index contributed by atoms with van der Waals surface area (Å²) in [5.41, 5.74) is 1.22. The molecule has 0 bridgehead atoms. The lowest BCUT2D eigenvalue weighted by atomic mass is 10.00. The summed E-state index contributed by atoms with van der Waals surface area (Å²) in [6, 6.07) is 0. The lowest BCUT2D eigenvalue weighted by Crippen LogP contribution is -2.09. The molecule has 1 aliphatic heterocycles. The normalized spacial score (nSPS) is 22.2. The zero-order valence-electron chi connectivity index (χ0n) is 8.88. The fraction of sp³-hybridized carbons (Fsp3) is 0.818. The fourth-order valence-electron chi connectivity index (χ4n) is 1.43. The Morgan fingerprint density at radius 1 is 1.62 bits per heavy atom. The number of hydrogen-bond acceptors (Lipinski definition) is 2. The van der Waals surface area contributed by atoms with Crippen molar-refractivity contribution in [2.24, 2.45) is 5.92 Å². The molecule has 0 N–H and O–H groups in total. The number of epoxide rings is 1. The van der Waals surface area contributed by atoms with E-state index in [-0.39, 0.29) is 0 Å². The molecule has 0 aromatic carbocycles. The van der Waals surface area contributed by atoms with E-state index in [0.717, 1.165) is 19.6 Å². The van der Waals surface area contributed by atoms with Gasteiger partial charge in [0.25, 0.3) is 0 Å². The van der Waals surface area contributed by atoms with Crippen molar-refractivity contribution in [3.63, 3.8) is 0 Å². The summed E-state index contributed by atoms with van der Waals surface area (Å²) in [4.78, 5) is 0. The van der Waals surface area contributed by atoms with Crippen LogP contribution in [0.2, 0.25) is 0 Å². The summed E-state index contributed by atoms with van der Waals surface area (Å²) in [5, 5.41) is 0. The fourth-order valence-corrected chi connectivity index (χ4v) is 1.43. The van der Waals surface area contributed by atoms with Crippen molar-refractivity contribution < 1.29 is 9.47 Å². The maximum Gasteiger partial charge on any atom is 0.0876 e. The highest BCUT2D eigenvalue weighted by molar-refractivity contribution is 4.86. The molecule has 0 amide bonds. The summed E-state index contributed by atoms with van der Waals surface area (Å²) in [7, 11) is 0. The lowest BCUT2D eigenvalue weighted by Gasteiger charge is -2.10. The molecule has 1 saturated heterocycles. The molecule has 0 radical (unpaired) electrons. The van der Waals surface area contributed by atoms with Gasteiger partial charge in [-0.2, -0.15) is 0 Å². The van der Waals surface area contributed by atoms with E-state index >= 15 is 0 Å². The molecule has 2 unspecified atom stereocenters. The van der Waals surface area contributed by atoms with E-state index in [1.165, 1.54) is 12.0 Å². The van der Waals surface area contributed by atoms with Gasteiger partial charge in [-0.05, 0) is 31.8 Å². The van der Waals surface area contributed by atoms with E-state index in [9.17, 15) is 0 Å². The Morgan fingerprint density at radius 3 is 2.77 bits per heavy atom. The van der Waals surface area contributed by atoms with Gasteiger partial charge < -0.3 is 9.47 Å². The molecule has 0 spiro atoms. The SMILES string of the molecule is CCC(CCOC=C(C)C)C1CO1. The van der Waals surface area contributed by atoms with Crippen molar-refractivity contribution in [1.82, 2.24) is 0 Å². The van der Waals surface area contributed by atoms with Crippen LogP contribution >= 0.6 is 0 Å². The van der Waals surface area contributed by atoms with E-state index in [1.54, 1.807) is 0 Å². The third-order valence-corrected chi connectivity index (χ3v) is 2.33. The summed E-state index contributed by atoms with van der Waals surface area (Å²) in [6.45, 7) is 8.08. The van der Waals surface area contributed by atoms with Crippen LogP contribution in [0.3, 0.4) is 0 Å². The largest absolute Gasteiger partial charge is 0.501 e. The lowest BCUT2D eigenvalue weighted by molar-refractivity contribution is 0.200. The average Bonchev–Trinajstić information content (AvgIpc) is 2.87. The van der Waals surface area contributed by atoms with Crippen molar-refractivity contribution in [1.29, 1.82) is 0 Å². The highest BCUT2D eigenvalue weighted by Crippen LogP contribution is 2.25. The highest BCUT2D eigenvalue weighted by atomic mass is 16.6. The smallest absolute Gasteiger partial charge is 0.0876 e. The molecule has 0 aliphatic carbocycles. The molecule has 1 fully saturated rings. The van der Waals surface area contributed by atoms with Gasteiger partial charge in [0.2, 0.25) is 0 Å².